The van der Waals surface area contributed by atoms with Gasteiger partial charge < -0.3 is 9.84 Å². The highest BCUT2D eigenvalue weighted by atomic mass is 16.5. The first-order chi connectivity index (χ1) is 8.95. The second-order valence-electron chi connectivity index (χ2n) is 4.91. The van der Waals surface area contributed by atoms with Crippen LogP contribution in [0, 0.1) is 20.8 Å². The van der Waals surface area contributed by atoms with Gasteiger partial charge in [-0.15, -0.1) is 0 Å². The summed E-state index contributed by atoms with van der Waals surface area (Å²) in [5.41, 5.74) is 4.72. The molecular weight excluding hydrogens is 240 g/mol. The third kappa shape index (κ3) is 2.36. The number of ether oxygens (including phenoxy) is 1. The maximum Gasteiger partial charge on any atom is 0.125 e. The van der Waals surface area contributed by atoms with E-state index in [-0.39, 0.29) is 0 Å². The van der Waals surface area contributed by atoms with Crippen LogP contribution in [0.3, 0.4) is 0 Å². The van der Waals surface area contributed by atoms with Gasteiger partial charge >= 0.3 is 0 Å². The topological polar surface area (TPSA) is 47.3 Å². The van der Waals surface area contributed by atoms with Crippen LogP contribution in [-0.4, -0.2) is 22.0 Å². The van der Waals surface area contributed by atoms with Crippen molar-refractivity contribution in [3.05, 3.63) is 46.3 Å². The number of methoxy groups -OCH3 is 1. The highest BCUT2D eigenvalue weighted by Gasteiger charge is 2.21. The summed E-state index contributed by atoms with van der Waals surface area (Å²) in [6.45, 7) is 5.95. The van der Waals surface area contributed by atoms with Gasteiger partial charge in [-0.3, -0.25) is 4.68 Å². The average molecular weight is 260 g/mol. The molecule has 0 fully saturated rings. The molecule has 0 saturated heterocycles. The van der Waals surface area contributed by atoms with Crippen molar-refractivity contribution < 1.29 is 9.84 Å². The molecule has 0 saturated carbocycles. The van der Waals surface area contributed by atoms with E-state index in [2.05, 4.69) is 5.10 Å². The number of nitrogens with zero attached hydrogens (tertiary/aromatic N) is 2. The number of aliphatic hydroxyl groups excluding tert-OH is 1. The SMILES string of the molecule is COc1cc(C)cc(C)c1C(O)c1cnn(C)c1C. The molecule has 1 N–H and O–H groups in total. The van der Waals surface area contributed by atoms with Crippen molar-refractivity contribution >= 4 is 0 Å². The molecule has 0 spiro atoms. The van der Waals surface area contributed by atoms with Gasteiger partial charge in [-0.25, -0.2) is 0 Å². The van der Waals surface area contributed by atoms with Gasteiger partial charge in [0.05, 0.1) is 13.3 Å². The maximum atomic E-state index is 10.6. The van der Waals surface area contributed by atoms with Crippen LogP contribution in [-0.2, 0) is 7.05 Å². The van der Waals surface area contributed by atoms with E-state index in [0.717, 1.165) is 27.9 Å². The van der Waals surface area contributed by atoms with Crippen LogP contribution < -0.4 is 4.74 Å². The van der Waals surface area contributed by atoms with Gasteiger partial charge in [-0.1, -0.05) is 6.07 Å². The zero-order valence-corrected chi connectivity index (χ0v) is 12.1. The predicted octanol–water partition coefficient (Wildman–Crippen LogP) is 2.44. The smallest absolute Gasteiger partial charge is 0.125 e. The lowest BCUT2D eigenvalue weighted by atomic mass is 9.95. The number of aromatic nitrogens is 2. The average Bonchev–Trinajstić information content (AvgIpc) is 2.68. The molecule has 2 aromatic rings. The van der Waals surface area contributed by atoms with E-state index in [1.165, 1.54) is 0 Å². The third-order valence-electron chi connectivity index (χ3n) is 3.55. The van der Waals surface area contributed by atoms with Crippen LogP contribution in [0.25, 0.3) is 0 Å². The molecule has 1 unspecified atom stereocenters. The van der Waals surface area contributed by atoms with E-state index in [1.54, 1.807) is 18.0 Å². The second kappa shape index (κ2) is 5.05. The monoisotopic (exact) mass is 260 g/mol. The summed E-state index contributed by atoms with van der Waals surface area (Å²) in [7, 11) is 3.49. The summed E-state index contributed by atoms with van der Waals surface area (Å²) in [5, 5.41) is 14.8. The molecule has 4 heteroatoms. The van der Waals surface area contributed by atoms with Crippen LogP contribution in [0.4, 0.5) is 0 Å². The van der Waals surface area contributed by atoms with Crippen LogP contribution in [0.15, 0.2) is 18.3 Å². The Morgan fingerprint density at radius 3 is 2.47 bits per heavy atom. The van der Waals surface area contributed by atoms with Gasteiger partial charge in [-0.2, -0.15) is 5.10 Å². The number of rotatable bonds is 3. The molecule has 0 aliphatic rings. The van der Waals surface area contributed by atoms with Gasteiger partial charge in [0.1, 0.15) is 11.9 Å². The molecule has 1 atom stereocenters. The summed E-state index contributed by atoms with van der Waals surface area (Å²) in [6, 6.07) is 3.99. The highest BCUT2D eigenvalue weighted by molar-refractivity contribution is 5.48. The minimum atomic E-state index is -0.718. The van der Waals surface area contributed by atoms with Crippen LogP contribution in [0.1, 0.15) is 34.1 Å². The van der Waals surface area contributed by atoms with E-state index < -0.39 is 6.10 Å². The third-order valence-corrected chi connectivity index (χ3v) is 3.55. The predicted molar refractivity (Wildman–Crippen MR) is 74.5 cm³/mol. The first-order valence-corrected chi connectivity index (χ1v) is 6.27. The van der Waals surface area contributed by atoms with Gasteiger partial charge in [0.2, 0.25) is 0 Å². The Kier molecular flexibility index (Phi) is 3.62. The standard InChI is InChI=1S/C15H20N2O2/c1-9-6-10(2)14(13(7-9)19-5)15(18)12-8-16-17(4)11(12)3/h6-8,15,18H,1-5H3. The molecule has 4 nitrogen and oxygen atoms in total. The largest absolute Gasteiger partial charge is 0.496 e. The summed E-state index contributed by atoms with van der Waals surface area (Å²) < 4.78 is 7.17. The van der Waals surface area contributed by atoms with Gasteiger partial charge in [0.25, 0.3) is 0 Å². The summed E-state index contributed by atoms with van der Waals surface area (Å²) in [6.07, 6.45) is 0.989. The molecule has 0 amide bonds. The Bertz CT molecular complexity index is 602. The maximum absolute atomic E-state index is 10.6. The normalized spacial score (nSPS) is 12.5. The van der Waals surface area contributed by atoms with E-state index >= 15 is 0 Å². The quantitative estimate of drug-likeness (QED) is 0.922. The van der Waals surface area contributed by atoms with Crippen LogP contribution in [0.2, 0.25) is 0 Å². The molecular formula is C15H20N2O2. The molecule has 0 aliphatic heterocycles. The lowest BCUT2D eigenvalue weighted by Gasteiger charge is -2.18. The number of benzene rings is 1. The fourth-order valence-electron chi connectivity index (χ4n) is 2.40. The van der Waals surface area contributed by atoms with Crippen molar-refractivity contribution in [1.29, 1.82) is 0 Å². The van der Waals surface area contributed by atoms with E-state index in [0.29, 0.717) is 5.75 Å². The summed E-state index contributed by atoms with van der Waals surface area (Å²) in [5.74, 6) is 0.716. The first kappa shape index (κ1) is 13.6. The molecule has 1 aromatic heterocycles. The van der Waals surface area contributed by atoms with Crippen molar-refractivity contribution in [3.8, 4) is 5.75 Å². The number of hydrogen-bond acceptors (Lipinski definition) is 3. The van der Waals surface area contributed by atoms with E-state index in [4.69, 9.17) is 4.74 Å². The van der Waals surface area contributed by atoms with Crippen molar-refractivity contribution in [3.63, 3.8) is 0 Å². The fraction of sp³-hybridized carbons (Fsp3) is 0.400. The van der Waals surface area contributed by atoms with Gasteiger partial charge in [0.15, 0.2) is 0 Å². The van der Waals surface area contributed by atoms with Crippen molar-refractivity contribution in [2.24, 2.45) is 7.05 Å². The second-order valence-corrected chi connectivity index (χ2v) is 4.91. The van der Waals surface area contributed by atoms with Crippen molar-refractivity contribution in [2.45, 2.75) is 26.9 Å². The van der Waals surface area contributed by atoms with Crippen LogP contribution in [0.5, 0.6) is 5.75 Å². The molecule has 19 heavy (non-hydrogen) atoms. The number of hydrogen-bond donors (Lipinski definition) is 1. The number of aryl methyl sites for hydroxylation is 3. The van der Waals surface area contributed by atoms with Crippen LogP contribution >= 0.6 is 0 Å². The van der Waals surface area contributed by atoms with Gasteiger partial charge in [0, 0.05) is 23.9 Å². The van der Waals surface area contributed by atoms with Crippen molar-refractivity contribution in [1.82, 2.24) is 9.78 Å². The Morgan fingerprint density at radius 2 is 1.95 bits per heavy atom. The fourth-order valence-corrected chi connectivity index (χ4v) is 2.40. The lowest BCUT2D eigenvalue weighted by molar-refractivity contribution is 0.213. The van der Waals surface area contributed by atoms with Crippen molar-refractivity contribution in [2.75, 3.05) is 7.11 Å². The van der Waals surface area contributed by atoms with E-state index in [9.17, 15) is 5.11 Å². The molecule has 1 heterocycles. The van der Waals surface area contributed by atoms with Gasteiger partial charge in [-0.05, 0) is 38.0 Å². The zero-order valence-electron chi connectivity index (χ0n) is 12.1. The Morgan fingerprint density at radius 1 is 1.26 bits per heavy atom. The molecule has 0 bridgehead atoms. The molecule has 2 rings (SSSR count). The zero-order chi connectivity index (χ0) is 14.2. The Balaban J connectivity index is 2.55. The minimum absolute atomic E-state index is 0.716. The summed E-state index contributed by atoms with van der Waals surface area (Å²) >= 11 is 0. The van der Waals surface area contributed by atoms with E-state index in [1.807, 2.05) is 40.0 Å². The lowest BCUT2D eigenvalue weighted by Crippen LogP contribution is -2.06. The molecule has 102 valence electrons. The molecule has 0 radical (unpaired) electrons. The minimum Gasteiger partial charge on any atom is -0.496 e. The number of aliphatic hydroxyl groups is 1. The summed E-state index contributed by atoms with van der Waals surface area (Å²) in [4.78, 5) is 0. The Labute approximate surface area is 113 Å². The Hall–Kier alpha value is -1.81. The molecule has 0 aliphatic carbocycles. The highest BCUT2D eigenvalue weighted by Crippen LogP contribution is 2.34. The first-order valence-electron chi connectivity index (χ1n) is 6.27. The molecule has 1 aromatic carbocycles.